The Morgan fingerprint density at radius 2 is 2.00 bits per heavy atom. The van der Waals surface area contributed by atoms with E-state index in [0.29, 0.717) is 22.5 Å². The normalized spacial score (nSPS) is 20.4. The lowest BCUT2D eigenvalue weighted by Crippen LogP contribution is -2.26. The molecule has 1 aromatic rings. The van der Waals surface area contributed by atoms with Crippen molar-refractivity contribution in [3.8, 4) is 0 Å². The molecule has 0 saturated carbocycles. The van der Waals surface area contributed by atoms with Crippen LogP contribution in [0.25, 0.3) is 0 Å². The Bertz CT molecular complexity index is 369. The molecule has 1 atom stereocenters. The maximum Gasteiger partial charge on any atom is 0.189 e. The lowest BCUT2D eigenvalue weighted by molar-refractivity contribution is 0.752. The molecular formula is C9H9Cl2N3. The van der Waals surface area contributed by atoms with Gasteiger partial charge in [-0.05, 0) is 12.1 Å². The third-order valence-electron chi connectivity index (χ3n) is 2.10. The van der Waals surface area contributed by atoms with Crippen molar-refractivity contribution >= 4 is 29.2 Å². The number of rotatable bonds is 1. The largest absolute Gasteiger partial charge is 0.370 e. The van der Waals surface area contributed by atoms with Crippen LogP contribution >= 0.6 is 23.2 Å². The van der Waals surface area contributed by atoms with Crippen LogP contribution in [0.15, 0.2) is 23.2 Å². The van der Waals surface area contributed by atoms with Crippen LogP contribution in [0, 0.1) is 0 Å². The molecule has 0 amide bonds. The van der Waals surface area contributed by atoms with Gasteiger partial charge in [-0.2, -0.15) is 0 Å². The van der Waals surface area contributed by atoms with E-state index >= 15 is 0 Å². The van der Waals surface area contributed by atoms with Gasteiger partial charge in [-0.25, -0.2) is 4.99 Å². The van der Waals surface area contributed by atoms with E-state index in [0.717, 1.165) is 5.56 Å². The summed E-state index contributed by atoms with van der Waals surface area (Å²) >= 11 is 12.1. The molecular weight excluding hydrogens is 221 g/mol. The minimum Gasteiger partial charge on any atom is -0.370 e. The van der Waals surface area contributed by atoms with Gasteiger partial charge in [-0.3, -0.25) is 0 Å². The number of benzene rings is 1. The van der Waals surface area contributed by atoms with Gasteiger partial charge in [0, 0.05) is 22.2 Å². The molecule has 0 fully saturated rings. The molecule has 2 rings (SSSR count). The number of halogens is 2. The molecule has 0 spiro atoms. The monoisotopic (exact) mass is 229 g/mol. The van der Waals surface area contributed by atoms with Crippen molar-refractivity contribution in [1.82, 2.24) is 5.32 Å². The van der Waals surface area contributed by atoms with Gasteiger partial charge in [-0.15, -0.1) is 0 Å². The van der Waals surface area contributed by atoms with Crippen LogP contribution in [0.2, 0.25) is 10.0 Å². The fraction of sp³-hybridized carbons (Fsp3) is 0.222. The fourth-order valence-electron chi connectivity index (χ4n) is 1.46. The van der Waals surface area contributed by atoms with Crippen molar-refractivity contribution in [1.29, 1.82) is 0 Å². The first-order chi connectivity index (χ1) is 6.68. The molecule has 1 unspecified atom stereocenters. The standard InChI is InChI=1S/C9H9Cl2N3/c10-5-2-1-3-6(11)8(5)7-4-13-9(12)14-7/h1-3,7H,4H2,(H3,12,13,14). The van der Waals surface area contributed by atoms with E-state index in [1.54, 1.807) is 12.1 Å². The summed E-state index contributed by atoms with van der Waals surface area (Å²) in [6, 6.07) is 5.33. The third kappa shape index (κ3) is 1.65. The number of aliphatic imine (C=N–C) groups is 1. The number of nitrogens with zero attached hydrogens (tertiary/aromatic N) is 1. The van der Waals surface area contributed by atoms with Crippen molar-refractivity contribution < 1.29 is 0 Å². The second-order valence-electron chi connectivity index (χ2n) is 3.05. The van der Waals surface area contributed by atoms with Gasteiger partial charge >= 0.3 is 0 Å². The number of hydrogen-bond donors (Lipinski definition) is 2. The van der Waals surface area contributed by atoms with Gasteiger partial charge in [0.05, 0.1) is 6.04 Å². The summed E-state index contributed by atoms with van der Waals surface area (Å²) in [6.45, 7) is 0.648. The fourth-order valence-corrected chi connectivity index (χ4v) is 2.11. The average molecular weight is 230 g/mol. The Labute approximate surface area is 91.9 Å². The summed E-state index contributed by atoms with van der Waals surface area (Å²) < 4.78 is 0. The predicted octanol–water partition coefficient (Wildman–Crippen LogP) is 1.95. The lowest BCUT2D eigenvalue weighted by atomic mass is 10.1. The van der Waals surface area contributed by atoms with E-state index in [-0.39, 0.29) is 6.04 Å². The van der Waals surface area contributed by atoms with Gasteiger partial charge in [-0.1, -0.05) is 29.3 Å². The molecule has 0 aromatic heterocycles. The predicted molar refractivity (Wildman–Crippen MR) is 58.8 cm³/mol. The minimum atomic E-state index is -0.0730. The highest BCUT2D eigenvalue weighted by atomic mass is 35.5. The highest BCUT2D eigenvalue weighted by Gasteiger charge is 2.21. The summed E-state index contributed by atoms with van der Waals surface area (Å²) in [5.74, 6) is 0.436. The number of guanidine groups is 1. The van der Waals surface area contributed by atoms with Crippen LogP contribution in [0.5, 0.6) is 0 Å². The van der Waals surface area contributed by atoms with Gasteiger partial charge in [0.2, 0.25) is 0 Å². The number of hydrogen-bond acceptors (Lipinski definition) is 3. The molecule has 0 saturated heterocycles. The maximum absolute atomic E-state index is 6.03. The summed E-state index contributed by atoms with van der Waals surface area (Å²) in [4.78, 5) is 4.19. The lowest BCUT2D eigenvalue weighted by Gasteiger charge is -2.10. The van der Waals surface area contributed by atoms with E-state index < -0.39 is 0 Å². The van der Waals surface area contributed by atoms with E-state index in [4.69, 9.17) is 28.9 Å². The highest BCUT2D eigenvalue weighted by molar-refractivity contribution is 6.36. The van der Waals surface area contributed by atoms with Crippen molar-refractivity contribution in [2.45, 2.75) is 6.04 Å². The summed E-state index contributed by atoms with van der Waals surface area (Å²) in [6.07, 6.45) is 0. The zero-order valence-corrected chi connectivity index (χ0v) is 8.81. The van der Waals surface area contributed by atoms with Crippen LogP contribution in [0.4, 0.5) is 0 Å². The molecule has 1 aliphatic heterocycles. The molecule has 1 aromatic carbocycles. The van der Waals surface area contributed by atoms with E-state index in [2.05, 4.69) is 10.3 Å². The smallest absolute Gasteiger partial charge is 0.189 e. The molecule has 5 heteroatoms. The third-order valence-corrected chi connectivity index (χ3v) is 2.76. The molecule has 0 radical (unpaired) electrons. The Kier molecular flexibility index (Phi) is 2.52. The van der Waals surface area contributed by atoms with Crippen LogP contribution in [0.3, 0.4) is 0 Å². The first-order valence-electron chi connectivity index (χ1n) is 4.19. The first-order valence-corrected chi connectivity index (χ1v) is 4.95. The number of nitrogens with one attached hydrogen (secondary N) is 1. The molecule has 0 aliphatic carbocycles. The Morgan fingerprint density at radius 3 is 2.50 bits per heavy atom. The zero-order chi connectivity index (χ0) is 10.1. The summed E-state index contributed by atoms with van der Waals surface area (Å²) in [7, 11) is 0. The average Bonchev–Trinajstić information content (AvgIpc) is 2.51. The van der Waals surface area contributed by atoms with Crippen LogP contribution < -0.4 is 11.1 Å². The van der Waals surface area contributed by atoms with Gasteiger partial charge in [0.15, 0.2) is 5.96 Å². The van der Waals surface area contributed by atoms with Gasteiger partial charge in [0.1, 0.15) is 0 Å². The second-order valence-corrected chi connectivity index (χ2v) is 3.86. The topological polar surface area (TPSA) is 50.4 Å². The molecule has 3 nitrogen and oxygen atoms in total. The molecule has 3 N–H and O–H groups in total. The summed E-state index contributed by atoms with van der Waals surface area (Å²) in [5.41, 5.74) is 6.35. The van der Waals surface area contributed by atoms with Crippen molar-refractivity contribution in [3.63, 3.8) is 0 Å². The van der Waals surface area contributed by atoms with E-state index in [1.807, 2.05) is 6.07 Å². The van der Waals surface area contributed by atoms with Crippen molar-refractivity contribution in [2.24, 2.45) is 10.7 Å². The van der Waals surface area contributed by atoms with Crippen LogP contribution in [-0.2, 0) is 0 Å². The second kappa shape index (κ2) is 3.67. The van der Waals surface area contributed by atoms with E-state index in [1.165, 1.54) is 0 Å². The molecule has 1 aliphatic rings. The molecule has 14 heavy (non-hydrogen) atoms. The SMILES string of the molecule is NC1=NC(c2c(Cl)cccc2Cl)CN1. The van der Waals surface area contributed by atoms with Crippen LogP contribution in [0.1, 0.15) is 11.6 Å². The molecule has 74 valence electrons. The number of nitrogens with two attached hydrogens (primary N) is 1. The zero-order valence-electron chi connectivity index (χ0n) is 7.30. The van der Waals surface area contributed by atoms with Crippen LogP contribution in [-0.4, -0.2) is 12.5 Å². The Morgan fingerprint density at radius 1 is 1.36 bits per heavy atom. The molecule has 0 bridgehead atoms. The van der Waals surface area contributed by atoms with Crippen molar-refractivity contribution in [3.05, 3.63) is 33.8 Å². The first kappa shape index (κ1) is 9.62. The quantitative estimate of drug-likeness (QED) is 0.774. The van der Waals surface area contributed by atoms with Gasteiger partial charge in [0.25, 0.3) is 0 Å². The Hall–Kier alpha value is -0.930. The Balaban J connectivity index is 2.41. The van der Waals surface area contributed by atoms with E-state index in [9.17, 15) is 0 Å². The van der Waals surface area contributed by atoms with Crippen molar-refractivity contribution in [2.75, 3.05) is 6.54 Å². The minimum absolute atomic E-state index is 0.0730. The van der Waals surface area contributed by atoms with Gasteiger partial charge < -0.3 is 11.1 Å². The molecule has 1 heterocycles. The maximum atomic E-state index is 6.03. The highest BCUT2D eigenvalue weighted by Crippen LogP contribution is 2.33. The summed E-state index contributed by atoms with van der Waals surface area (Å²) in [5, 5.41) is 4.19.